The molecule has 0 spiro atoms. The van der Waals surface area contributed by atoms with E-state index in [0.29, 0.717) is 5.82 Å². The summed E-state index contributed by atoms with van der Waals surface area (Å²) in [6.45, 7) is 1.93. The van der Waals surface area contributed by atoms with E-state index in [1.807, 2.05) is 13.0 Å². The Labute approximate surface area is 94.1 Å². The maximum atomic E-state index is 12.6. The summed E-state index contributed by atoms with van der Waals surface area (Å²) >= 11 is 2.13. The molecular weight excluding hydrogens is 296 g/mol. The summed E-state index contributed by atoms with van der Waals surface area (Å²) in [6, 6.07) is 4.91. The average Bonchev–Trinajstić information content (AvgIpc) is 2.47. The predicted octanol–water partition coefficient (Wildman–Crippen LogP) is 2.32. The van der Waals surface area contributed by atoms with Crippen LogP contribution in [0.25, 0.3) is 5.82 Å². The van der Waals surface area contributed by atoms with Crippen LogP contribution in [0.3, 0.4) is 0 Å². The van der Waals surface area contributed by atoms with Gasteiger partial charge in [0.1, 0.15) is 9.52 Å². The molecule has 2 aromatic heterocycles. The number of pyridine rings is 1. The minimum Gasteiger partial charge on any atom is -0.234 e. The molecule has 2 heterocycles. The highest BCUT2D eigenvalue weighted by molar-refractivity contribution is 14.1. The molecule has 2 rings (SSSR count). The number of aryl methyl sites for hydroxylation is 1. The minimum atomic E-state index is -0.340. The quantitative estimate of drug-likeness (QED) is 0.757. The summed E-state index contributed by atoms with van der Waals surface area (Å²) in [7, 11) is 0. The third-order valence-corrected chi connectivity index (χ3v) is 2.31. The molecule has 0 saturated heterocycles. The Bertz CT molecular complexity index is 450. The fraction of sp³-hybridized carbons (Fsp3) is 0.111. The van der Waals surface area contributed by atoms with Crippen LogP contribution < -0.4 is 0 Å². The van der Waals surface area contributed by atoms with Crippen molar-refractivity contribution in [1.29, 1.82) is 0 Å². The lowest BCUT2D eigenvalue weighted by Crippen LogP contribution is -2.01. The first kappa shape index (κ1) is 9.57. The molecule has 0 aliphatic rings. The Morgan fingerprint density at radius 1 is 1.43 bits per heavy atom. The SMILES string of the molecule is Cc1cc(I)nn1-c1ccc(F)cn1. The zero-order valence-corrected chi connectivity index (χ0v) is 9.56. The van der Waals surface area contributed by atoms with E-state index < -0.39 is 0 Å². The van der Waals surface area contributed by atoms with Gasteiger partial charge in [-0.2, -0.15) is 5.10 Å². The molecule has 0 aromatic carbocycles. The molecule has 2 aromatic rings. The van der Waals surface area contributed by atoms with Gasteiger partial charge in [-0.3, -0.25) is 0 Å². The van der Waals surface area contributed by atoms with Gasteiger partial charge in [0.05, 0.1) is 6.20 Å². The normalized spacial score (nSPS) is 10.5. The Hall–Kier alpha value is -0.980. The third kappa shape index (κ3) is 1.77. The second-order valence-corrected chi connectivity index (χ2v) is 3.96. The molecule has 3 nitrogen and oxygen atoms in total. The van der Waals surface area contributed by atoms with Gasteiger partial charge in [0.25, 0.3) is 0 Å². The molecule has 0 amide bonds. The molecule has 0 unspecified atom stereocenters. The molecule has 0 aliphatic heterocycles. The number of hydrogen-bond donors (Lipinski definition) is 0. The van der Waals surface area contributed by atoms with Crippen molar-refractivity contribution in [3.63, 3.8) is 0 Å². The summed E-state index contributed by atoms with van der Waals surface area (Å²) < 4.78 is 15.2. The van der Waals surface area contributed by atoms with Crippen LogP contribution >= 0.6 is 22.6 Å². The Morgan fingerprint density at radius 2 is 2.21 bits per heavy atom. The minimum absolute atomic E-state index is 0.340. The van der Waals surface area contributed by atoms with Gasteiger partial charge in [0.2, 0.25) is 0 Å². The Balaban J connectivity index is 2.49. The predicted molar refractivity (Wildman–Crippen MR) is 58.8 cm³/mol. The summed E-state index contributed by atoms with van der Waals surface area (Å²) in [4.78, 5) is 3.94. The summed E-state index contributed by atoms with van der Waals surface area (Å²) in [5.74, 6) is 0.292. The van der Waals surface area contributed by atoms with Gasteiger partial charge in [0.15, 0.2) is 5.82 Å². The van der Waals surface area contributed by atoms with E-state index in [-0.39, 0.29) is 5.82 Å². The maximum absolute atomic E-state index is 12.6. The molecule has 0 fully saturated rings. The van der Waals surface area contributed by atoms with E-state index in [4.69, 9.17) is 0 Å². The van der Waals surface area contributed by atoms with Crippen molar-refractivity contribution in [2.24, 2.45) is 0 Å². The van der Waals surface area contributed by atoms with Crippen molar-refractivity contribution in [2.45, 2.75) is 6.92 Å². The molecule has 5 heteroatoms. The highest BCUT2D eigenvalue weighted by atomic mass is 127. The lowest BCUT2D eigenvalue weighted by molar-refractivity contribution is 0.618. The average molecular weight is 303 g/mol. The van der Waals surface area contributed by atoms with Crippen LogP contribution in [0.5, 0.6) is 0 Å². The monoisotopic (exact) mass is 303 g/mol. The van der Waals surface area contributed by atoms with Crippen LogP contribution in [0, 0.1) is 16.4 Å². The van der Waals surface area contributed by atoms with E-state index in [2.05, 4.69) is 32.7 Å². The third-order valence-electron chi connectivity index (χ3n) is 1.79. The van der Waals surface area contributed by atoms with Crippen molar-refractivity contribution in [1.82, 2.24) is 14.8 Å². The van der Waals surface area contributed by atoms with Gasteiger partial charge >= 0.3 is 0 Å². The second-order valence-electron chi connectivity index (χ2n) is 2.85. The topological polar surface area (TPSA) is 30.7 Å². The van der Waals surface area contributed by atoms with E-state index >= 15 is 0 Å². The van der Waals surface area contributed by atoms with Gasteiger partial charge < -0.3 is 0 Å². The zero-order valence-electron chi connectivity index (χ0n) is 7.41. The second kappa shape index (κ2) is 3.64. The highest BCUT2D eigenvalue weighted by Crippen LogP contribution is 2.11. The molecule has 0 aliphatic carbocycles. The number of aromatic nitrogens is 3. The lowest BCUT2D eigenvalue weighted by atomic mass is 10.4. The Morgan fingerprint density at radius 3 is 2.71 bits per heavy atom. The fourth-order valence-corrected chi connectivity index (χ4v) is 1.83. The van der Waals surface area contributed by atoms with Crippen molar-refractivity contribution in [3.8, 4) is 5.82 Å². The number of halogens is 2. The highest BCUT2D eigenvalue weighted by Gasteiger charge is 2.04. The van der Waals surface area contributed by atoms with Crippen LogP contribution in [0.15, 0.2) is 24.4 Å². The first-order valence-corrected chi connectivity index (χ1v) is 5.09. The van der Waals surface area contributed by atoms with E-state index in [9.17, 15) is 4.39 Å². The van der Waals surface area contributed by atoms with E-state index in [1.165, 1.54) is 12.3 Å². The number of nitrogens with zero attached hydrogens (tertiary/aromatic N) is 3. The molecule has 0 atom stereocenters. The zero-order chi connectivity index (χ0) is 10.1. The van der Waals surface area contributed by atoms with Crippen LogP contribution in [0.1, 0.15) is 5.69 Å². The standard InChI is InChI=1S/C9H7FIN3/c1-6-4-8(11)13-14(6)9-3-2-7(10)5-12-9/h2-5H,1H3. The van der Waals surface area contributed by atoms with Gasteiger partial charge in [-0.05, 0) is 47.7 Å². The van der Waals surface area contributed by atoms with Crippen LogP contribution in [0.2, 0.25) is 0 Å². The largest absolute Gasteiger partial charge is 0.234 e. The summed E-state index contributed by atoms with van der Waals surface area (Å²) in [5, 5.41) is 4.23. The maximum Gasteiger partial charge on any atom is 0.153 e. The molecular formula is C9H7FIN3. The fourth-order valence-electron chi connectivity index (χ4n) is 1.16. The lowest BCUT2D eigenvalue weighted by Gasteiger charge is -2.01. The van der Waals surface area contributed by atoms with Gasteiger partial charge in [0, 0.05) is 5.69 Å². The molecule has 0 radical (unpaired) electrons. The van der Waals surface area contributed by atoms with Crippen molar-refractivity contribution >= 4 is 22.6 Å². The van der Waals surface area contributed by atoms with Crippen LogP contribution in [-0.4, -0.2) is 14.8 Å². The molecule has 72 valence electrons. The van der Waals surface area contributed by atoms with Crippen LogP contribution in [0.4, 0.5) is 4.39 Å². The first-order valence-electron chi connectivity index (χ1n) is 4.01. The van der Waals surface area contributed by atoms with Gasteiger partial charge in [-0.25, -0.2) is 14.1 Å². The summed E-state index contributed by atoms with van der Waals surface area (Å²) in [5.41, 5.74) is 0.980. The van der Waals surface area contributed by atoms with Crippen molar-refractivity contribution in [3.05, 3.63) is 39.6 Å². The van der Waals surface area contributed by atoms with Crippen molar-refractivity contribution < 1.29 is 4.39 Å². The van der Waals surface area contributed by atoms with Gasteiger partial charge in [-0.1, -0.05) is 0 Å². The van der Waals surface area contributed by atoms with E-state index in [0.717, 1.165) is 9.39 Å². The molecule has 0 N–H and O–H groups in total. The first-order chi connectivity index (χ1) is 6.66. The molecule has 0 bridgehead atoms. The molecule has 0 saturated carbocycles. The number of rotatable bonds is 1. The van der Waals surface area contributed by atoms with E-state index in [1.54, 1.807) is 10.7 Å². The number of hydrogen-bond acceptors (Lipinski definition) is 2. The van der Waals surface area contributed by atoms with Gasteiger partial charge in [-0.15, -0.1) is 0 Å². The van der Waals surface area contributed by atoms with Crippen molar-refractivity contribution in [2.75, 3.05) is 0 Å². The van der Waals surface area contributed by atoms with Crippen LogP contribution in [-0.2, 0) is 0 Å². The Kier molecular flexibility index (Phi) is 2.49. The summed E-state index contributed by atoms with van der Waals surface area (Å²) in [6.07, 6.45) is 1.18. The molecule has 14 heavy (non-hydrogen) atoms. The smallest absolute Gasteiger partial charge is 0.153 e.